The summed E-state index contributed by atoms with van der Waals surface area (Å²) < 4.78 is 6.22. The first-order valence-corrected chi connectivity index (χ1v) is 11.6. The summed E-state index contributed by atoms with van der Waals surface area (Å²) in [7, 11) is 0. The Morgan fingerprint density at radius 2 is 2.03 bits per heavy atom. The molecular weight excluding hydrogens is 442 g/mol. The van der Waals surface area contributed by atoms with Crippen LogP contribution in [0.25, 0.3) is 20.8 Å². The second kappa shape index (κ2) is 8.89. The minimum atomic E-state index is -0.267. The van der Waals surface area contributed by atoms with Gasteiger partial charge in [-0.25, -0.2) is 15.0 Å². The molecule has 0 aliphatic rings. The van der Waals surface area contributed by atoms with Crippen LogP contribution >= 0.6 is 23.1 Å². The Morgan fingerprint density at radius 1 is 1.12 bits per heavy atom. The zero-order valence-electron chi connectivity index (χ0n) is 17.0. The highest BCUT2D eigenvalue weighted by Gasteiger charge is 2.15. The van der Waals surface area contributed by atoms with E-state index in [0.717, 1.165) is 32.2 Å². The number of anilines is 1. The van der Waals surface area contributed by atoms with Gasteiger partial charge in [-0.15, -0.1) is 11.3 Å². The number of hydrogen-bond acceptors (Lipinski definition) is 8. The SMILES string of the molecule is Cc1cc(CSc2ncccc2C(=O)Nc2ccc(-c3nc4ccccc4s3)cn2)no1. The van der Waals surface area contributed by atoms with E-state index in [1.165, 1.54) is 11.8 Å². The van der Waals surface area contributed by atoms with Gasteiger partial charge in [0.1, 0.15) is 21.6 Å². The maximum atomic E-state index is 12.9. The summed E-state index contributed by atoms with van der Waals surface area (Å²) >= 11 is 3.05. The van der Waals surface area contributed by atoms with E-state index in [1.807, 2.05) is 43.3 Å². The number of hydrogen-bond donors (Lipinski definition) is 1. The molecule has 0 fully saturated rings. The van der Waals surface area contributed by atoms with Gasteiger partial charge in [0, 0.05) is 29.8 Å². The number of amides is 1. The van der Waals surface area contributed by atoms with Crippen molar-refractivity contribution in [3.8, 4) is 10.6 Å². The Hall–Kier alpha value is -3.56. The number of thiazole rings is 1. The molecule has 5 rings (SSSR count). The summed E-state index contributed by atoms with van der Waals surface area (Å²) in [4.78, 5) is 26.3. The van der Waals surface area contributed by atoms with Crippen LogP contribution in [0.1, 0.15) is 21.8 Å². The molecule has 4 heterocycles. The van der Waals surface area contributed by atoms with Crippen LogP contribution in [0.5, 0.6) is 0 Å². The van der Waals surface area contributed by atoms with Gasteiger partial charge in [-0.2, -0.15) is 0 Å². The molecule has 1 N–H and O–H groups in total. The lowest BCUT2D eigenvalue weighted by atomic mass is 10.2. The van der Waals surface area contributed by atoms with Crippen molar-refractivity contribution in [1.82, 2.24) is 20.1 Å². The van der Waals surface area contributed by atoms with Crippen LogP contribution in [-0.4, -0.2) is 26.0 Å². The van der Waals surface area contributed by atoms with Crippen molar-refractivity contribution in [2.24, 2.45) is 0 Å². The van der Waals surface area contributed by atoms with E-state index in [-0.39, 0.29) is 5.91 Å². The fraction of sp³-hybridized carbons (Fsp3) is 0.0870. The van der Waals surface area contributed by atoms with Crippen LogP contribution in [0.3, 0.4) is 0 Å². The number of fused-ring (bicyclic) bond motifs is 1. The highest BCUT2D eigenvalue weighted by Crippen LogP contribution is 2.30. The van der Waals surface area contributed by atoms with Gasteiger partial charge in [-0.05, 0) is 43.3 Å². The van der Waals surface area contributed by atoms with Gasteiger partial charge in [0.05, 0.1) is 21.5 Å². The summed E-state index contributed by atoms with van der Waals surface area (Å²) in [6.45, 7) is 1.84. The molecule has 4 aromatic heterocycles. The molecule has 158 valence electrons. The van der Waals surface area contributed by atoms with Gasteiger partial charge in [0.25, 0.3) is 5.91 Å². The molecule has 1 amide bonds. The Labute approximate surface area is 191 Å². The molecule has 9 heteroatoms. The number of thioether (sulfide) groups is 1. The average Bonchev–Trinajstić information content (AvgIpc) is 3.44. The maximum absolute atomic E-state index is 12.9. The largest absolute Gasteiger partial charge is 0.361 e. The van der Waals surface area contributed by atoms with Gasteiger partial charge in [0.2, 0.25) is 0 Å². The second-order valence-electron chi connectivity index (χ2n) is 6.95. The van der Waals surface area contributed by atoms with Crippen molar-refractivity contribution in [3.63, 3.8) is 0 Å². The third-order valence-corrected chi connectivity index (χ3v) is 6.72. The fourth-order valence-corrected chi connectivity index (χ4v) is 4.91. The molecule has 0 aliphatic carbocycles. The topological polar surface area (TPSA) is 93.8 Å². The number of carbonyl (C=O) groups excluding carboxylic acids is 1. The minimum Gasteiger partial charge on any atom is -0.361 e. The first kappa shape index (κ1) is 20.3. The summed E-state index contributed by atoms with van der Waals surface area (Å²) in [6.07, 6.45) is 3.39. The lowest BCUT2D eigenvalue weighted by Crippen LogP contribution is -2.14. The summed E-state index contributed by atoms with van der Waals surface area (Å²) in [5, 5.41) is 8.35. The monoisotopic (exact) mass is 459 g/mol. The average molecular weight is 460 g/mol. The molecule has 0 radical (unpaired) electrons. The molecule has 0 spiro atoms. The molecular formula is C23H17N5O2S2. The van der Waals surface area contributed by atoms with E-state index in [2.05, 4.69) is 25.4 Å². The molecule has 0 bridgehead atoms. The fourth-order valence-electron chi connectivity index (χ4n) is 3.08. The van der Waals surface area contributed by atoms with Crippen molar-refractivity contribution in [2.45, 2.75) is 17.7 Å². The number of aryl methyl sites for hydroxylation is 1. The van der Waals surface area contributed by atoms with Gasteiger partial charge in [0.15, 0.2) is 0 Å². The number of carbonyl (C=O) groups is 1. The lowest BCUT2D eigenvalue weighted by molar-refractivity contribution is 0.102. The number of nitrogens with one attached hydrogen (secondary N) is 1. The Bertz CT molecular complexity index is 1360. The normalized spacial score (nSPS) is 11.0. The molecule has 0 atom stereocenters. The van der Waals surface area contributed by atoms with Gasteiger partial charge >= 0.3 is 0 Å². The van der Waals surface area contributed by atoms with Crippen molar-refractivity contribution in [3.05, 3.63) is 84.0 Å². The Kier molecular flexibility index (Phi) is 5.66. The first-order valence-electron chi connectivity index (χ1n) is 9.79. The smallest absolute Gasteiger partial charge is 0.259 e. The van der Waals surface area contributed by atoms with Crippen molar-refractivity contribution >= 4 is 45.0 Å². The van der Waals surface area contributed by atoms with Crippen LogP contribution in [0.2, 0.25) is 0 Å². The van der Waals surface area contributed by atoms with Crippen LogP contribution in [0, 0.1) is 6.92 Å². The molecule has 0 saturated carbocycles. The highest BCUT2D eigenvalue weighted by molar-refractivity contribution is 7.98. The van der Waals surface area contributed by atoms with Crippen LogP contribution in [-0.2, 0) is 5.75 Å². The van der Waals surface area contributed by atoms with E-state index in [4.69, 9.17) is 4.52 Å². The number of rotatable bonds is 6. The third kappa shape index (κ3) is 4.39. The lowest BCUT2D eigenvalue weighted by Gasteiger charge is -2.08. The van der Waals surface area contributed by atoms with Crippen LogP contribution < -0.4 is 5.32 Å². The number of nitrogens with zero attached hydrogens (tertiary/aromatic N) is 4. The third-order valence-electron chi connectivity index (χ3n) is 4.60. The molecule has 1 aromatic carbocycles. The standard InChI is InChI=1S/C23H17N5O2S2/c1-14-11-16(28-30-14)13-31-23-17(5-4-10-24-23)21(29)27-20-9-8-15(12-25-20)22-26-18-6-2-3-7-19(18)32-22/h2-12H,13H2,1H3,(H,25,27,29). The van der Waals surface area contributed by atoms with Gasteiger partial charge < -0.3 is 9.84 Å². The quantitative estimate of drug-likeness (QED) is 0.331. The van der Waals surface area contributed by atoms with Crippen molar-refractivity contribution in [2.75, 3.05) is 5.32 Å². The van der Waals surface area contributed by atoms with E-state index in [9.17, 15) is 4.79 Å². The number of para-hydroxylation sites is 1. The first-order chi connectivity index (χ1) is 15.7. The second-order valence-corrected chi connectivity index (χ2v) is 8.94. The Balaban J connectivity index is 1.29. The summed E-state index contributed by atoms with van der Waals surface area (Å²) in [5.41, 5.74) is 3.16. The van der Waals surface area contributed by atoms with Crippen molar-refractivity contribution < 1.29 is 9.32 Å². The van der Waals surface area contributed by atoms with Gasteiger partial charge in [-0.3, -0.25) is 4.79 Å². The molecule has 5 aromatic rings. The van der Waals surface area contributed by atoms with Crippen LogP contribution in [0.4, 0.5) is 5.82 Å². The number of pyridine rings is 2. The predicted molar refractivity (Wildman–Crippen MR) is 126 cm³/mol. The van der Waals surface area contributed by atoms with E-state index < -0.39 is 0 Å². The molecule has 0 aliphatic heterocycles. The minimum absolute atomic E-state index is 0.267. The summed E-state index contributed by atoms with van der Waals surface area (Å²) in [6, 6.07) is 17.0. The van der Waals surface area contributed by atoms with E-state index >= 15 is 0 Å². The predicted octanol–water partition coefficient (Wildman–Crippen LogP) is 5.59. The molecule has 32 heavy (non-hydrogen) atoms. The van der Waals surface area contributed by atoms with E-state index in [0.29, 0.717) is 22.2 Å². The highest BCUT2D eigenvalue weighted by atomic mass is 32.2. The number of benzene rings is 1. The maximum Gasteiger partial charge on any atom is 0.259 e. The zero-order valence-corrected chi connectivity index (χ0v) is 18.6. The molecule has 0 saturated heterocycles. The van der Waals surface area contributed by atoms with E-state index in [1.54, 1.807) is 41.9 Å². The van der Waals surface area contributed by atoms with Crippen LogP contribution in [0.15, 0.2) is 76.5 Å². The molecule has 7 nitrogen and oxygen atoms in total. The zero-order chi connectivity index (χ0) is 21.9. The van der Waals surface area contributed by atoms with Gasteiger partial charge in [-0.1, -0.05) is 29.1 Å². The number of aromatic nitrogens is 4. The van der Waals surface area contributed by atoms with Crippen molar-refractivity contribution in [1.29, 1.82) is 0 Å². The molecule has 0 unspecified atom stereocenters. The summed E-state index contributed by atoms with van der Waals surface area (Å²) in [5.74, 6) is 1.51. The Morgan fingerprint density at radius 3 is 2.81 bits per heavy atom.